The summed E-state index contributed by atoms with van der Waals surface area (Å²) in [5, 5.41) is 0.967. The van der Waals surface area contributed by atoms with Crippen LogP contribution in [-0.2, 0) is 4.79 Å². The van der Waals surface area contributed by atoms with E-state index in [2.05, 4.69) is 4.98 Å². The Morgan fingerprint density at radius 2 is 1.73 bits per heavy atom. The number of para-hydroxylation sites is 1. The molecule has 0 aliphatic heterocycles. The number of pyridine rings is 1. The van der Waals surface area contributed by atoms with E-state index in [9.17, 15) is 9.18 Å². The largest absolute Gasteiger partial charge is 0.300 e. The van der Waals surface area contributed by atoms with Gasteiger partial charge in [-0.15, -0.1) is 0 Å². The highest BCUT2D eigenvalue weighted by Crippen LogP contribution is 2.10. The lowest BCUT2D eigenvalue weighted by Crippen LogP contribution is -1.81. The lowest BCUT2D eigenvalue weighted by Gasteiger charge is -1.93. The smallest absolute Gasteiger partial charge is 0.213 e. The minimum Gasteiger partial charge on any atom is -0.300 e. The van der Waals surface area contributed by atoms with Crippen molar-refractivity contribution in [2.24, 2.45) is 0 Å². The lowest BCUT2D eigenvalue weighted by atomic mass is 10.2. The summed E-state index contributed by atoms with van der Waals surface area (Å²) < 4.78 is 12.5. The topological polar surface area (TPSA) is 30.0 Å². The lowest BCUT2D eigenvalue weighted by molar-refractivity contribution is -0.114. The van der Waals surface area contributed by atoms with Crippen molar-refractivity contribution in [2.75, 3.05) is 0 Å². The number of carbonyl (C=O) groups is 1. The maximum absolute atomic E-state index is 12.5. The van der Waals surface area contributed by atoms with Crippen LogP contribution in [0.25, 0.3) is 10.9 Å². The minimum atomic E-state index is -0.427. The number of benzene rings is 1. The van der Waals surface area contributed by atoms with Gasteiger partial charge in [0.2, 0.25) is 5.95 Å². The SMILES string of the molecule is CC(C)=O.Fc1ccc2ccccc2n1. The minimum absolute atomic E-state index is 0.167. The molecule has 1 aromatic heterocycles. The Kier molecular flexibility index (Phi) is 3.92. The molecule has 1 heterocycles. The molecular formula is C12H12FNO. The van der Waals surface area contributed by atoms with Crippen molar-refractivity contribution in [3.63, 3.8) is 0 Å². The molecule has 0 aliphatic carbocycles. The standard InChI is InChI=1S/C9H6FN.C3H6O/c10-9-6-5-7-3-1-2-4-8(7)11-9;1-3(2)4/h1-6H;1-2H3. The van der Waals surface area contributed by atoms with Gasteiger partial charge in [-0.25, -0.2) is 4.98 Å². The fourth-order valence-electron chi connectivity index (χ4n) is 1.04. The summed E-state index contributed by atoms with van der Waals surface area (Å²) in [6, 6.07) is 10.5. The van der Waals surface area contributed by atoms with Crippen molar-refractivity contribution in [1.29, 1.82) is 0 Å². The first kappa shape index (κ1) is 11.3. The monoisotopic (exact) mass is 205 g/mol. The van der Waals surface area contributed by atoms with Crippen molar-refractivity contribution >= 4 is 16.7 Å². The first-order valence-corrected chi connectivity index (χ1v) is 4.58. The maximum Gasteiger partial charge on any atom is 0.213 e. The van der Waals surface area contributed by atoms with Crippen molar-refractivity contribution in [3.05, 3.63) is 42.3 Å². The predicted octanol–water partition coefficient (Wildman–Crippen LogP) is 2.97. The number of halogens is 1. The average molecular weight is 205 g/mol. The Hall–Kier alpha value is -1.77. The van der Waals surface area contributed by atoms with E-state index in [1.165, 1.54) is 19.9 Å². The van der Waals surface area contributed by atoms with Crippen LogP contribution in [0.2, 0.25) is 0 Å². The molecule has 0 N–H and O–H groups in total. The van der Waals surface area contributed by atoms with Gasteiger partial charge in [0, 0.05) is 5.39 Å². The number of hydrogen-bond donors (Lipinski definition) is 0. The van der Waals surface area contributed by atoms with Crippen molar-refractivity contribution in [3.8, 4) is 0 Å². The van der Waals surface area contributed by atoms with Gasteiger partial charge < -0.3 is 4.79 Å². The Bertz CT molecular complexity index is 464. The second-order valence-electron chi connectivity index (χ2n) is 3.23. The summed E-state index contributed by atoms with van der Waals surface area (Å²) in [6.07, 6.45) is 0. The summed E-state index contributed by atoms with van der Waals surface area (Å²) >= 11 is 0. The van der Waals surface area contributed by atoms with Gasteiger partial charge in [-0.2, -0.15) is 4.39 Å². The van der Waals surface area contributed by atoms with Gasteiger partial charge >= 0.3 is 0 Å². The summed E-state index contributed by atoms with van der Waals surface area (Å²) in [5.74, 6) is -0.260. The van der Waals surface area contributed by atoms with Crippen molar-refractivity contribution in [1.82, 2.24) is 4.98 Å². The molecule has 2 nitrogen and oxygen atoms in total. The molecule has 0 radical (unpaired) electrons. The molecule has 78 valence electrons. The van der Waals surface area contributed by atoms with Gasteiger partial charge in [0.05, 0.1) is 5.52 Å². The molecule has 15 heavy (non-hydrogen) atoms. The molecule has 0 fully saturated rings. The third kappa shape index (κ3) is 3.85. The number of aromatic nitrogens is 1. The fraction of sp³-hybridized carbons (Fsp3) is 0.167. The van der Waals surface area contributed by atoms with E-state index in [0.29, 0.717) is 5.52 Å². The van der Waals surface area contributed by atoms with E-state index < -0.39 is 5.95 Å². The summed E-state index contributed by atoms with van der Waals surface area (Å²) in [4.78, 5) is 13.2. The first-order chi connectivity index (χ1) is 7.09. The predicted molar refractivity (Wildman–Crippen MR) is 58.1 cm³/mol. The highest BCUT2D eigenvalue weighted by atomic mass is 19.1. The highest BCUT2D eigenvalue weighted by Gasteiger charge is 1.93. The van der Waals surface area contributed by atoms with E-state index in [4.69, 9.17) is 0 Å². The highest BCUT2D eigenvalue weighted by molar-refractivity contribution is 5.77. The Morgan fingerprint density at radius 1 is 1.13 bits per heavy atom. The number of Topliss-reactive ketones (excluding diaryl/α,β-unsaturated/α-hetero) is 1. The maximum atomic E-state index is 12.5. The van der Waals surface area contributed by atoms with Crippen LogP contribution in [0.1, 0.15) is 13.8 Å². The molecule has 0 atom stereocenters. The molecule has 0 unspecified atom stereocenters. The van der Waals surface area contributed by atoms with Crippen LogP contribution in [-0.4, -0.2) is 10.8 Å². The third-order valence-electron chi connectivity index (χ3n) is 1.56. The molecule has 0 bridgehead atoms. The summed E-state index contributed by atoms with van der Waals surface area (Å²) in [5.41, 5.74) is 0.701. The van der Waals surface area contributed by atoms with E-state index in [1.54, 1.807) is 12.1 Å². The summed E-state index contributed by atoms with van der Waals surface area (Å²) in [7, 11) is 0. The number of carbonyl (C=O) groups excluding carboxylic acids is 1. The fourth-order valence-corrected chi connectivity index (χ4v) is 1.04. The zero-order chi connectivity index (χ0) is 11.3. The Balaban J connectivity index is 0.000000245. The number of ketones is 1. The first-order valence-electron chi connectivity index (χ1n) is 4.58. The van der Waals surface area contributed by atoms with Gasteiger partial charge in [-0.3, -0.25) is 0 Å². The molecule has 0 amide bonds. The van der Waals surface area contributed by atoms with Gasteiger partial charge in [0.1, 0.15) is 5.78 Å². The normalized spacial score (nSPS) is 9.27. The molecule has 2 aromatic rings. The molecule has 0 aliphatic rings. The van der Waals surface area contributed by atoms with Crippen LogP contribution >= 0.6 is 0 Å². The van der Waals surface area contributed by atoms with E-state index >= 15 is 0 Å². The molecule has 2 rings (SSSR count). The van der Waals surface area contributed by atoms with E-state index in [0.717, 1.165) is 5.39 Å². The van der Waals surface area contributed by atoms with Gasteiger partial charge in [0.15, 0.2) is 0 Å². The van der Waals surface area contributed by atoms with Crippen LogP contribution in [0.4, 0.5) is 4.39 Å². The number of fused-ring (bicyclic) bond motifs is 1. The molecule has 0 saturated carbocycles. The quantitative estimate of drug-likeness (QED) is 0.619. The number of hydrogen-bond acceptors (Lipinski definition) is 2. The van der Waals surface area contributed by atoms with Crippen LogP contribution < -0.4 is 0 Å². The van der Waals surface area contributed by atoms with Crippen LogP contribution in [0.5, 0.6) is 0 Å². The van der Waals surface area contributed by atoms with Gasteiger partial charge in [-0.05, 0) is 32.0 Å². The second-order valence-corrected chi connectivity index (χ2v) is 3.23. The molecule has 0 saturated heterocycles. The molecular weight excluding hydrogens is 193 g/mol. The van der Waals surface area contributed by atoms with Crippen molar-refractivity contribution in [2.45, 2.75) is 13.8 Å². The number of nitrogens with zero attached hydrogens (tertiary/aromatic N) is 1. The Morgan fingerprint density at radius 3 is 2.40 bits per heavy atom. The third-order valence-corrected chi connectivity index (χ3v) is 1.56. The van der Waals surface area contributed by atoms with Crippen LogP contribution in [0.3, 0.4) is 0 Å². The number of rotatable bonds is 0. The van der Waals surface area contributed by atoms with Gasteiger partial charge in [0.25, 0.3) is 0 Å². The van der Waals surface area contributed by atoms with E-state index in [1.807, 2.05) is 18.2 Å². The average Bonchev–Trinajstić information content (AvgIpc) is 2.16. The van der Waals surface area contributed by atoms with Crippen molar-refractivity contribution < 1.29 is 9.18 Å². The molecule has 3 heteroatoms. The van der Waals surface area contributed by atoms with Gasteiger partial charge in [-0.1, -0.05) is 18.2 Å². The van der Waals surface area contributed by atoms with Crippen LogP contribution in [0.15, 0.2) is 36.4 Å². The molecule has 0 spiro atoms. The second kappa shape index (κ2) is 5.20. The summed E-state index contributed by atoms with van der Waals surface area (Å²) in [6.45, 7) is 3.06. The van der Waals surface area contributed by atoms with E-state index in [-0.39, 0.29) is 5.78 Å². The van der Waals surface area contributed by atoms with Crippen LogP contribution in [0, 0.1) is 5.95 Å². The molecule has 1 aromatic carbocycles. The zero-order valence-corrected chi connectivity index (χ0v) is 8.70. The Labute approximate surface area is 87.8 Å². The zero-order valence-electron chi connectivity index (χ0n) is 8.70.